The van der Waals surface area contributed by atoms with Crippen LogP contribution in [-0.2, 0) is 0 Å². The number of aliphatic hydroxyl groups excluding tert-OH is 1. The first-order valence-electron chi connectivity index (χ1n) is 4.28. The van der Waals surface area contributed by atoms with Crippen LogP contribution in [-0.4, -0.2) is 28.8 Å². The van der Waals surface area contributed by atoms with Gasteiger partial charge in [0.25, 0.3) is 0 Å². The minimum Gasteiger partial charge on any atom is -0.374 e. The molecule has 0 aromatic heterocycles. The van der Waals surface area contributed by atoms with E-state index in [1.54, 1.807) is 0 Å². The first-order valence-corrected chi connectivity index (χ1v) is 4.28. The molecule has 2 atom stereocenters. The standard InChI is InChI=1S/C10H17NO/c1-7(2)6-11-9(4)5-8(3)10(11)12/h9-10,12H,1,3,5-6H2,2,4H3. The molecule has 68 valence electrons. The highest BCUT2D eigenvalue weighted by Crippen LogP contribution is 2.26. The summed E-state index contributed by atoms with van der Waals surface area (Å²) in [6.45, 7) is 12.5. The number of nitrogens with zero attached hydrogens (tertiary/aromatic N) is 1. The molecule has 1 aliphatic rings. The Balaban J connectivity index is 2.63. The lowest BCUT2D eigenvalue weighted by Crippen LogP contribution is -2.35. The third kappa shape index (κ3) is 1.76. The second-order valence-electron chi connectivity index (χ2n) is 3.71. The molecule has 0 saturated carbocycles. The minimum absolute atomic E-state index is 0.393. The summed E-state index contributed by atoms with van der Waals surface area (Å²) in [6, 6.07) is 0.393. The van der Waals surface area contributed by atoms with Gasteiger partial charge in [-0.15, -0.1) is 0 Å². The van der Waals surface area contributed by atoms with E-state index in [1.807, 2.05) is 11.8 Å². The molecule has 0 aromatic carbocycles. The number of likely N-dealkylation sites (tertiary alicyclic amines) is 1. The molecule has 1 fully saturated rings. The molecule has 0 aromatic rings. The van der Waals surface area contributed by atoms with Crippen molar-refractivity contribution in [2.45, 2.75) is 32.5 Å². The third-order valence-electron chi connectivity index (χ3n) is 2.26. The number of rotatable bonds is 2. The summed E-state index contributed by atoms with van der Waals surface area (Å²) in [6.07, 6.45) is 0.436. The highest BCUT2D eigenvalue weighted by atomic mass is 16.3. The van der Waals surface area contributed by atoms with Crippen molar-refractivity contribution in [1.29, 1.82) is 0 Å². The molecule has 1 aliphatic heterocycles. The summed E-state index contributed by atoms with van der Waals surface area (Å²) in [5.74, 6) is 0. The summed E-state index contributed by atoms with van der Waals surface area (Å²) in [5, 5.41) is 9.66. The van der Waals surface area contributed by atoms with Crippen LogP contribution in [0.5, 0.6) is 0 Å². The molecule has 2 heteroatoms. The molecule has 2 nitrogen and oxygen atoms in total. The molecule has 1 N–H and O–H groups in total. The van der Waals surface area contributed by atoms with Gasteiger partial charge in [0, 0.05) is 12.6 Å². The molecule has 1 saturated heterocycles. The second-order valence-corrected chi connectivity index (χ2v) is 3.71. The van der Waals surface area contributed by atoms with E-state index in [0.717, 1.165) is 24.1 Å². The van der Waals surface area contributed by atoms with Crippen molar-refractivity contribution in [3.8, 4) is 0 Å². The van der Waals surface area contributed by atoms with E-state index >= 15 is 0 Å². The van der Waals surface area contributed by atoms with Crippen molar-refractivity contribution < 1.29 is 5.11 Å². The molecule has 0 aliphatic carbocycles. The molecule has 0 radical (unpaired) electrons. The average Bonchev–Trinajstić information content (AvgIpc) is 2.16. The smallest absolute Gasteiger partial charge is 0.129 e. The fourth-order valence-corrected chi connectivity index (χ4v) is 1.63. The second kappa shape index (κ2) is 3.42. The zero-order valence-electron chi connectivity index (χ0n) is 7.88. The van der Waals surface area contributed by atoms with Crippen LogP contribution in [0.3, 0.4) is 0 Å². The molecule has 12 heavy (non-hydrogen) atoms. The van der Waals surface area contributed by atoms with Gasteiger partial charge in [-0.2, -0.15) is 0 Å². The Labute approximate surface area is 74.2 Å². The van der Waals surface area contributed by atoms with Gasteiger partial charge in [-0.3, -0.25) is 4.90 Å². The summed E-state index contributed by atoms with van der Waals surface area (Å²) in [7, 11) is 0. The minimum atomic E-state index is -0.461. The van der Waals surface area contributed by atoms with Gasteiger partial charge < -0.3 is 5.11 Å². The van der Waals surface area contributed by atoms with Gasteiger partial charge >= 0.3 is 0 Å². The fourth-order valence-electron chi connectivity index (χ4n) is 1.63. The van der Waals surface area contributed by atoms with Gasteiger partial charge in [0.05, 0.1) is 0 Å². The summed E-state index contributed by atoms with van der Waals surface area (Å²) < 4.78 is 0. The van der Waals surface area contributed by atoms with Crippen LogP contribution in [0.15, 0.2) is 24.3 Å². The normalized spacial score (nSPS) is 31.1. The Hall–Kier alpha value is -0.600. The van der Waals surface area contributed by atoms with Crippen LogP contribution in [0.1, 0.15) is 20.3 Å². The highest BCUT2D eigenvalue weighted by Gasteiger charge is 2.31. The van der Waals surface area contributed by atoms with Crippen molar-refractivity contribution in [3.63, 3.8) is 0 Å². The largest absolute Gasteiger partial charge is 0.374 e. The maximum atomic E-state index is 9.66. The summed E-state index contributed by atoms with van der Waals surface area (Å²) in [5.41, 5.74) is 2.00. The van der Waals surface area contributed by atoms with Crippen LogP contribution in [0.25, 0.3) is 0 Å². The molecular formula is C10H17NO. The Morgan fingerprint density at radius 2 is 2.33 bits per heavy atom. The number of hydrogen-bond donors (Lipinski definition) is 1. The first kappa shape index (κ1) is 9.49. The van der Waals surface area contributed by atoms with E-state index in [9.17, 15) is 5.11 Å². The van der Waals surface area contributed by atoms with Crippen LogP contribution in [0.2, 0.25) is 0 Å². The van der Waals surface area contributed by atoms with Crippen molar-refractivity contribution in [2.75, 3.05) is 6.54 Å². The average molecular weight is 167 g/mol. The van der Waals surface area contributed by atoms with Gasteiger partial charge in [-0.05, 0) is 25.8 Å². The topological polar surface area (TPSA) is 23.5 Å². The van der Waals surface area contributed by atoms with E-state index in [2.05, 4.69) is 20.1 Å². The number of aliphatic hydroxyl groups is 1. The quantitative estimate of drug-likeness (QED) is 0.630. The first-order chi connectivity index (χ1) is 5.52. The van der Waals surface area contributed by atoms with Gasteiger partial charge in [0.15, 0.2) is 0 Å². The van der Waals surface area contributed by atoms with Crippen molar-refractivity contribution in [2.24, 2.45) is 0 Å². The molecule has 2 unspecified atom stereocenters. The lowest BCUT2D eigenvalue weighted by molar-refractivity contribution is 0.0481. The zero-order valence-corrected chi connectivity index (χ0v) is 7.88. The van der Waals surface area contributed by atoms with Gasteiger partial charge in [-0.25, -0.2) is 0 Å². The van der Waals surface area contributed by atoms with E-state index in [0.29, 0.717) is 6.04 Å². The van der Waals surface area contributed by atoms with Crippen molar-refractivity contribution in [3.05, 3.63) is 24.3 Å². The van der Waals surface area contributed by atoms with Crippen LogP contribution < -0.4 is 0 Å². The molecule has 0 spiro atoms. The van der Waals surface area contributed by atoms with E-state index in [1.165, 1.54) is 0 Å². The number of hydrogen-bond acceptors (Lipinski definition) is 2. The molecular weight excluding hydrogens is 150 g/mol. The molecule has 1 rings (SSSR count). The molecule has 0 amide bonds. The summed E-state index contributed by atoms with van der Waals surface area (Å²) >= 11 is 0. The van der Waals surface area contributed by atoms with Crippen molar-refractivity contribution in [1.82, 2.24) is 4.90 Å². The van der Waals surface area contributed by atoms with E-state index in [4.69, 9.17) is 0 Å². The predicted octanol–water partition coefficient (Wildman–Crippen LogP) is 1.53. The van der Waals surface area contributed by atoms with Crippen LogP contribution in [0, 0.1) is 0 Å². The molecule has 1 heterocycles. The SMILES string of the molecule is C=C(C)CN1C(C)CC(=C)C1O. The van der Waals surface area contributed by atoms with Gasteiger partial charge in [0.1, 0.15) is 6.23 Å². The van der Waals surface area contributed by atoms with E-state index < -0.39 is 6.23 Å². The molecule has 0 bridgehead atoms. The summed E-state index contributed by atoms with van der Waals surface area (Å²) in [4.78, 5) is 2.02. The van der Waals surface area contributed by atoms with Gasteiger partial charge in [0.2, 0.25) is 0 Å². The highest BCUT2D eigenvalue weighted by molar-refractivity contribution is 5.12. The maximum absolute atomic E-state index is 9.66. The van der Waals surface area contributed by atoms with E-state index in [-0.39, 0.29) is 0 Å². The zero-order chi connectivity index (χ0) is 9.30. The Morgan fingerprint density at radius 3 is 2.67 bits per heavy atom. The monoisotopic (exact) mass is 167 g/mol. The third-order valence-corrected chi connectivity index (χ3v) is 2.26. The van der Waals surface area contributed by atoms with Crippen molar-refractivity contribution >= 4 is 0 Å². The van der Waals surface area contributed by atoms with Crippen LogP contribution in [0.4, 0.5) is 0 Å². The van der Waals surface area contributed by atoms with Gasteiger partial charge in [-0.1, -0.05) is 18.7 Å². The van der Waals surface area contributed by atoms with Crippen LogP contribution >= 0.6 is 0 Å². The Morgan fingerprint density at radius 1 is 1.75 bits per heavy atom. The lowest BCUT2D eigenvalue weighted by Gasteiger charge is -2.24. The predicted molar refractivity (Wildman–Crippen MR) is 50.7 cm³/mol. The lowest BCUT2D eigenvalue weighted by atomic mass is 10.2. The maximum Gasteiger partial charge on any atom is 0.129 e. The Bertz CT molecular complexity index is 210. The Kier molecular flexibility index (Phi) is 2.70. The fraction of sp³-hybridized carbons (Fsp3) is 0.600.